The molecule has 2 heterocycles. The molecule has 0 aliphatic heterocycles. The molecule has 130 valence electrons. The number of para-hydroxylation sites is 1. The Bertz CT molecular complexity index is 1270. The van der Waals surface area contributed by atoms with Crippen LogP contribution in [0.2, 0.25) is 0 Å². The third-order valence-electron chi connectivity index (χ3n) is 4.76. The summed E-state index contributed by atoms with van der Waals surface area (Å²) in [5, 5.41) is 5.31. The molecule has 3 aromatic carbocycles. The first kappa shape index (κ1) is 16.0. The molecule has 0 radical (unpaired) electrons. The van der Waals surface area contributed by atoms with Crippen LogP contribution in [0.5, 0.6) is 0 Å². The Morgan fingerprint density at radius 3 is 2.56 bits per heavy atom. The van der Waals surface area contributed by atoms with Gasteiger partial charge in [-0.25, -0.2) is 4.98 Å². The van der Waals surface area contributed by atoms with E-state index in [1.807, 2.05) is 41.8 Å². The van der Waals surface area contributed by atoms with Gasteiger partial charge in [-0.1, -0.05) is 60.7 Å². The molecule has 0 fully saturated rings. The molecule has 27 heavy (non-hydrogen) atoms. The first-order valence-corrected chi connectivity index (χ1v) is 9.69. The van der Waals surface area contributed by atoms with Crippen molar-refractivity contribution in [2.24, 2.45) is 0 Å². The monoisotopic (exact) mass is 368 g/mol. The smallest absolute Gasteiger partial charge is 0.169 e. The molecule has 0 aliphatic rings. The molecular weight excluding hydrogens is 352 g/mol. The molecule has 0 atom stereocenters. The highest BCUT2D eigenvalue weighted by Gasteiger charge is 2.12. The Labute approximate surface area is 160 Å². The molecule has 5 rings (SSSR count). The summed E-state index contributed by atoms with van der Waals surface area (Å²) >= 11 is 1.54. The number of rotatable bonds is 4. The number of thiazole rings is 1. The van der Waals surface area contributed by atoms with Gasteiger partial charge in [0.2, 0.25) is 0 Å². The Hall–Kier alpha value is -3.24. The Morgan fingerprint density at radius 1 is 0.889 bits per heavy atom. The second-order valence-corrected chi connectivity index (χ2v) is 7.47. The standard InChI is InChI=1S/C23H16N2OS/c26-22(15-6-2-1-3-7-15)13-23-25-21(14-27-23)16-10-11-18-17-8-4-5-9-19(17)24-20(18)12-16/h1-12,14,24H,13H2. The van der Waals surface area contributed by atoms with Crippen molar-refractivity contribution >= 4 is 38.9 Å². The van der Waals surface area contributed by atoms with Crippen LogP contribution in [0, 0.1) is 0 Å². The molecule has 0 saturated heterocycles. The molecule has 1 N–H and O–H groups in total. The summed E-state index contributed by atoms with van der Waals surface area (Å²) < 4.78 is 0. The van der Waals surface area contributed by atoms with Crippen LogP contribution in [-0.4, -0.2) is 15.8 Å². The number of aromatic amines is 1. The van der Waals surface area contributed by atoms with Gasteiger partial charge in [-0.15, -0.1) is 11.3 Å². The van der Waals surface area contributed by atoms with E-state index in [1.54, 1.807) is 0 Å². The Balaban J connectivity index is 1.45. The quantitative estimate of drug-likeness (QED) is 0.403. The fourth-order valence-electron chi connectivity index (χ4n) is 3.40. The van der Waals surface area contributed by atoms with E-state index in [0.29, 0.717) is 6.42 Å². The lowest BCUT2D eigenvalue weighted by Crippen LogP contribution is -2.02. The summed E-state index contributed by atoms with van der Waals surface area (Å²) in [4.78, 5) is 20.6. The molecule has 0 spiro atoms. The molecule has 0 saturated carbocycles. The van der Waals surface area contributed by atoms with Gasteiger partial charge < -0.3 is 4.98 Å². The van der Waals surface area contributed by atoms with E-state index in [-0.39, 0.29) is 5.78 Å². The zero-order chi connectivity index (χ0) is 18.2. The predicted octanol–water partition coefficient (Wildman–Crippen LogP) is 5.87. The number of ketones is 1. The molecule has 2 aromatic heterocycles. The highest BCUT2D eigenvalue weighted by atomic mass is 32.1. The van der Waals surface area contributed by atoms with Gasteiger partial charge >= 0.3 is 0 Å². The largest absolute Gasteiger partial charge is 0.354 e. The van der Waals surface area contributed by atoms with E-state index in [4.69, 9.17) is 4.98 Å². The van der Waals surface area contributed by atoms with E-state index in [2.05, 4.69) is 41.4 Å². The number of nitrogens with zero attached hydrogens (tertiary/aromatic N) is 1. The Morgan fingerprint density at radius 2 is 1.67 bits per heavy atom. The lowest BCUT2D eigenvalue weighted by molar-refractivity contribution is 0.0993. The lowest BCUT2D eigenvalue weighted by Gasteiger charge is -1.99. The second kappa shape index (κ2) is 6.49. The summed E-state index contributed by atoms with van der Waals surface area (Å²) in [6.45, 7) is 0. The molecule has 0 amide bonds. The van der Waals surface area contributed by atoms with Crippen molar-refractivity contribution in [3.8, 4) is 11.3 Å². The lowest BCUT2D eigenvalue weighted by atomic mass is 10.1. The van der Waals surface area contributed by atoms with E-state index >= 15 is 0 Å². The van der Waals surface area contributed by atoms with Gasteiger partial charge in [-0.05, 0) is 12.1 Å². The average molecular weight is 368 g/mol. The predicted molar refractivity (Wildman–Crippen MR) is 111 cm³/mol. The summed E-state index contributed by atoms with van der Waals surface area (Å²) in [7, 11) is 0. The van der Waals surface area contributed by atoms with E-state index in [0.717, 1.165) is 32.9 Å². The van der Waals surface area contributed by atoms with Crippen molar-refractivity contribution in [2.45, 2.75) is 6.42 Å². The minimum absolute atomic E-state index is 0.0996. The molecule has 5 aromatic rings. The number of carbonyl (C=O) groups excluding carboxylic acids is 1. The number of hydrogen-bond donors (Lipinski definition) is 1. The molecular formula is C23H16N2OS. The van der Waals surface area contributed by atoms with Gasteiger partial charge in [0.25, 0.3) is 0 Å². The van der Waals surface area contributed by atoms with Crippen LogP contribution in [0.25, 0.3) is 33.1 Å². The van der Waals surface area contributed by atoms with Crippen LogP contribution >= 0.6 is 11.3 Å². The first-order valence-electron chi connectivity index (χ1n) is 8.81. The molecule has 0 unspecified atom stereocenters. The van der Waals surface area contributed by atoms with Crippen molar-refractivity contribution in [1.82, 2.24) is 9.97 Å². The average Bonchev–Trinajstić information content (AvgIpc) is 3.32. The molecule has 3 nitrogen and oxygen atoms in total. The van der Waals surface area contributed by atoms with Crippen molar-refractivity contribution in [2.75, 3.05) is 0 Å². The minimum atomic E-state index is 0.0996. The maximum atomic E-state index is 12.4. The number of nitrogens with one attached hydrogen (secondary N) is 1. The Kier molecular flexibility index (Phi) is 3.84. The van der Waals surface area contributed by atoms with Crippen LogP contribution in [0.4, 0.5) is 0 Å². The van der Waals surface area contributed by atoms with Gasteiger partial charge in [0, 0.05) is 38.3 Å². The van der Waals surface area contributed by atoms with Crippen LogP contribution in [0.15, 0.2) is 78.2 Å². The van der Waals surface area contributed by atoms with E-state index < -0.39 is 0 Å². The van der Waals surface area contributed by atoms with Gasteiger partial charge in [-0.2, -0.15) is 0 Å². The number of benzene rings is 3. The minimum Gasteiger partial charge on any atom is -0.354 e. The maximum Gasteiger partial charge on any atom is 0.169 e. The van der Waals surface area contributed by atoms with Crippen LogP contribution in [0.1, 0.15) is 15.4 Å². The zero-order valence-corrected chi connectivity index (χ0v) is 15.3. The fraction of sp³-hybridized carbons (Fsp3) is 0.0435. The van der Waals surface area contributed by atoms with Crippen molar-refractivity contribution < 1.29 is 4.79 Å². The summed E-state index contributed by atoms with van der Waals surface area (Å²) in [5.41, 5.74) is 4.94. The van der Waals surface area contributed by atoms with Gasteiger partial charge in [0.1, 0.15) is 5.01 Å². The maximum absolute atomic E-state index is 12.4. The summed E-state index contributed by atoms with van der Waals surface area (Å²) in [6.07, 6.45) is 0.337. The summed E-state index contributed by atoms with van der Waals surface area (Å²) in [5.74, 6) is 0.0996. The van der Waals surface area contributed by atoms with Gasteiger partial charge in [-0.3, -0.25) is 4.79 Å². The number of aromatic nitrogens is 2. The van der Waals surface area contributed by atoms with Crippen LogP contribution in [0.3, 0.4) is 0 Å². The van der Waals surface area contributed by atoms with Gasteiger partial charge in [0.15, 0.2) is 5.78 Å². The number of Topliss-reactive ketones (excluding diaryl/α,β-unsaturated/α-hetero) is 1. The molecule has 0 bridgehead atoms. The van der Waals surface area contributed by atoms with Crippen molar-refractivity contribution in [3.63, 3.8) is 0 Å². The van der Waals surface area contributed by atoms with Crippen LogP contribution < -0.4 is 0 Å². The topological polar surface area (TPSA) is 45.8 Å². The van der Waals surface area contributed by atoms with Gasteiger partial charge in [0.05, 0.1) is 12.1 Å². The number of fused-ring (bicyclic) bond motifs is 3. The third-order valence-corrected chi connectivity index (χ3v) is 5.61. The second-order valence-electron chi connectivity index (χ2n) is 6.52. The highest BCUT2D eigenvalue weighted by Crippen LogP contribution is 2.30. The molecule has 4 heteroatoms. The normalized spacial score (nSPS) is 11.3. The molecule has 0 aliphatic carbocycles. The van der Waals surface area contributed by atoms with Crippen molar-refractivity contribution in [3.05, 3.63) is 88.7 Å². The van der Waals surface area contributed by atoms with Crippen molar-refractivity contribution in [1.29, 1.82) is 0 Å². The van der Waals surface area contributed by atoms with E-state index in [9.17, 15) is 4.79 Å². The van der Waals surface area contributed by atoms with Crippen LogP contribution in [-0.2, 0) is 6.42 Å². The third kappa shape index (κ3) is 2.94. The first-order chi connectivity index (χ1) is 13.3. The highest BCUT2D eigenvalue weighted by molar-refractivity contribution is 7.10. The fourth-order valence-corrected chi connectivity index (χ4v) is 4.20. The zero-order valence-electron chi connectivity index (χ0n) is 14.5. The SMILES string of the molecule is O=C(Cc1nc(-c2ccc3c(c2)[nH]c2ccccc23)cs1)c1ccccc1. The number of carbonyl (C=O) groups is 1. The van der Waals surface area contributed by atoms with E-state index in [1.165, 1.54) is 22.1 Å². The number of H-pyrrole nitrogens is 1. The summed E-state index contributed by atoms with van der Waals surface area (Å²) in [6, 6.07) is 24.1. The number of hydrogen-bond acceptors (Lipinski definition) is 3.